The van der Waals surface area contributed by atoms with Crippen molar-refractivity contribution in [3.63, 3.8) is 0 Å². The number of aromatic nitrogens is 3. The van der Waals surface area contributed by atoms with Gasteiger partial charge in [0.2, 0.25) is 0 Å². The van der Waals surface area contributed by atoms with Crippen LogP contribution < -0.4 is 0 Å². The van der Waals surface area contributed by atoms with Gasteiger partial charge in [0, 0.05) is 16.9 Å². The lowest BCUT2D eigenvalue weighted by atomic mass is 9.97. The third-order valence-electron chi connectivity index (χ3n) is 5.29. The van der Waals surface area contributed by atoms with Gasteiger partial charge in [0.25, 0.3) is 0 Å². The van der Waals surface area contributed by atoms with Crippen LogP contribution in [0.4, 0.5) is 31.1 Å². The summed E-state index contributed by atoms with van der Waals surface area (Å²) in [5.41, 5.74) is -2.95. The Morgan fingerprint density at radius 2 is 1.71 bits per heavy atom. The van der Waals surface area contributed by atoms with Crippen molar-refractivity contribution in [2.24, 2.45) is 0 Å². The number of carbonyl (C=O) groups excluding carboxylic acids is 1. The molecular formula is C21H15BrF6N4O2. The number of benzene rings is 1. The molecule has 34 heavy (non-hydrogen) atoms. The first-order valence-corrected chi connectivity index (χ1v) is 10.6. The number of pyridine rings is 1. The third-order valence-corrected chi connectivity index (χ3v) is 6.02. The molecule has 180 valence electrons. The highest BCUT2D eigenvalue weighted by molar-refractivity contribution is 9.10. The summed E-state index contributed by atoms with van der Waals surface area (Å²) in [5, 5.41) is 4.08. The van der Waals surface area contributed by atoms with Crippen molar-refractivity contribution in [1.29, 1.82) is 0 Å². The summed E-state index contributed by atoms with van der Waals surface area (Å²) in [6, 6.07) is 5.35. The second kappa shape index (κ2) is 8.60. The van der Waals surface area contributed by atoms with Crippen LogP contribution in [0.1, 0.15) is 35.4 Å². The van der Waals surface area contributed by atoms with Crippen LogP contribution in [0, 0.1) is 0 Å². The number of amides is 1. The van der Waals surface area contributed by atoms with Gasteiger partial charge in [-0.15, -0.1) is 0 Å². The molecule has 0 saturated carbocycles. The molecule has 0 bridgehead atoms. The molecule has 1 saturated heterocycles. The predicted molar refractivity (Wildman–Crippen MR) is 110 cm³/mol. The molecule has 2 atom stereocenters. The van der Waals surface area contributed by atoms with Gasteiger partial charge in [0.15, 0.2) is 5.82 Å². The molecule has 2 aromatic heterocycles. The van der Waals surface area contributed by atoms with Crippen LogP contribution in [0.5, 0.6) is 0 Å². The molecule has 13 heteroatoms. The second-order valence-electron chi connectivity index (χ2n) is 7.56. The van der Waals surface area contributed by atoms with E-state index in [1.165, 1.54) is 16.5 Å². The normalized spacial score (nSPS) is 18.9. The summed E-state index contributed by atoms with van der Waals surface area (Å²) in [5.74, 6) is 0.452. The Hall–Kier alpha value is -3.09. The average molecular weight is 549 g/mol. The molecule has 1 aliphatic rings. The molecule has 1 fully saturated rings. The van der Waals surface area contributed by atoms with Crippen molar-refractivity contribution in [3.8, 4) is 5.82 Å². The van der Waals surface area contributed by atoms with E-state index in [-0.39, 0.29) is 12.6 Å². The molecule has 3 aromatic rings. The molecule has 1 aromatic carbocycles. The molecule has 1 aliphatic heterocycles. The monoisotopic (exact) mass is 548 g/mol. The first-order valence-electron chi connectivity index (χ1n) is 9.76. The SMILES string of the molecule is C[C@H]1[C@@H](c2cc(C(F)(F)F)cc(C(F)(F)F)c2)OC(=O)N1Cc1nc(-n2cccn2)ccc1Br. The summed E-state index contributed by atoms with van der Waals surface area (Å²) in [4.78, 5) is 18.2. The van der Waals surface area contributed by atoms with Gasteiger partial charge in [-0.2, -0.15) is 31.4 Å². The average Bonchev–Trinajstić information content (AvgIpc) is 3.38. The Bertz CT molecular complexity index is 1180. The number of hydrogen-bond donors (Lipinski definition) is 0. The Morgan fingerprint density at radius 3 is 2.26 bits per heavy atom. The fourth-order valence-electron chi connectivity index (χ4n) is 3.58. The number of halogens is 7. The third kappa shape index (κ3) is 4.74. The van der Waals surface area contributed by atoms with Crippen LogP contribution >= 0.6 is 15.9 Å². The number of hydrogen-bond acceptors (Lipinski definition) is 4. The maximum absolute atomic E-state index is 13.3. The van der Waals surface area contributed by atoms with E-state index in [1.54, 1.807) is 30.6 Å². The molecule has 4 rings (SSSR count). The molecule has 3 heterocycles. The van der Waals surface area contributed by atoms with Gasteiger partial charge >= 0.3 is 18.4 Å². The van der Waals surface area contributed by atoms with E-state index in [1.807, 2.05) is 0 Å². The van der Waals surface area contributed by atoms with E-state index >= 15 is 0 Å². The van der Waals surface area contributed by atoms with Gasteiger partial charge in [-0.25, -0.2) is 14.5 Å². The maximum Gasteiger partial charge on any atom is 0.416 e. The minimum Gasteiger partial charge on any atom is -0.439 e. The topological polar surface area (TPSA) is 60.2 Å². The molecule has 0 N–H and O–H groups in total. The minimum absolute atomic E-state index is 0.0323. The highest BCUT2D eigenvalue weighted by Crippen LogP contribution is 2.41. The fourth-order valence-corrected chi connectivity index (χ4v) is 3.93. The number of nitrogens with zero attached hydrogens (tertiary/aromatic N) is 4. The van der Waals surface area contributed by atoms with Crippen molar-refractivity contribution in [2.45, 2.75) is 38.0 Å². The van der Waals surface area contributed by atoms with E-state index in [2.05, 4.69) is 26.0 Å². The number of ether oxygens (including phenoxy) is 1. The van der Waals surface area contributed by atoms with E-state index in [0.29, 0.717) is 28.1 Å². The van der Waals surface area contributed by atoms with E-state index in [9.17, 15) is 31.1 Å². The van der Waals surface area contributed by atoms with Crippen LogP contribution in [0.2, 0.25) is 0 Å². The highest BCUT2D eigenvalue weighted by Gasteiger charge is 2.43. The molecule has 0 radical (unpaired) electrons. The summed E-state index contributed by atoms with van der Waals surface area (Å²) in [6.45, 7) is 1.38. The maximum atomic E-state index is 13.3. The van der Waals surface area contributed by atoms with Crippen LogP contribution in [0.3, 0.4) is 0 Å². The number of carbonyl (C=O) groups is 1. The Labute approximate surface area is 197 Å². The predicted octanol–water partition coefficient (Wildman–Crippen LogP) is 6.15. The van der Waals surface area contributed by atoms with Crippen LogP contribution in [-0.2, 0) is 23.6 Å². The van der Waals surface area contributed by atoms with Gasteiger partial charge < -0.3 is 4.74 Å². The smallest absolute Gasteiger partial charge is 0.416 e. The largest absolute Gasteiger partial charge is 0.439 e. The number of alkyl halides is 6. The first-order chi connectivity index (χ1) is 15.8. The van der Waals surface area contributed by atoms with Crippen molar-refractivity contribution in [3.05, 3.63) is 75.6 Å². The fraction of sp³-hybridized carbons (Fsp3) is 0.286. The molecule has 1 amide bonds. The first kappa shape index (κ1) is 24.0. The minimum atomic E-state index is -5.01. The van der Waals surface area contributed by atoms with Gasteiger partial charge in [0.05, 0.1) is 29.4 Å². The van der Waals surface area contributed by atoms with E-state index in [4.69, 9.17) is 4.74 Å². The summed E-state index contributed by atoms with van der Waals surface area (Å²) in [6.07, 6.45) is -9.04. The molecular weight excluding hydrogens is 534 g/mol. The van der Waals surface area contributed by atoms with Crippen molar-refractivity contribution in [1.82, 2.24) is 19.7 Å². The summed E-state index contributed by atoms with van der Waals surface area (Å²) >= 11 is 3.34. The van der Waals surface area contributed by atoms with Crippen molar-refractivity contribution < 1.29 is 35.9 Å². The Balaban J connectivity index is 1.65. The van der Waals surface area contributed by atoms with E-state index < -0.39 is 47.3 Å². The van der Waals surface area contributed by atoms with Crippen molar-refractivity contribution in [2.75, 3.05) is 0 Å². The van der Waals surface area contributed by atoms with E-state index in [0.717, 1.165) is 0 Å². The highest BCUT2D eigenvalue weighted by atomic mass is 79.9. The summed E-state index contributed by atoms with van der Waals surface area (Å²) in [7, 11) is 0. The quantitative estimate of drug-likeness (QED) is 0.367. The second-order valence-corrected chi connectivity index (χ2v) is 8.42. The van der Waals surface area contributed by atoms with Gasteiger partial charge in [-0.3, -0.25) is 4.90 Å². The lowest BCUT2D eigenvalue weighted by Crippen LogP contribution is -2.32. The van der Waals surface area contributed by atoms with Crippen molar-refractivity contribution >= 4 is 22.0 Å². The Kier molecular flexibility index (Phi) is 6.08. The van der Waals surface area contributed by atoms with Gasteiger partial charge in [-0.1, -0.05) is 0 Å². The standard InChI is InChI=1S/C21H15BrF6N4O2/c1-11-18(12-7-13(20(23,24)25)9-14(8-12)21(26,27)28)34-19(33)31(11)10-16-15(22)3-4-17(30-16)32-6-2-5-29-32/h2-9,11,18H,10H2,1H3/t11-,18-/m0/s1. The lowest BCUT2D eigenvalue weighted by Gasteiger charge is -2.22. The lowest BCUT2D eigenvalue weighted by molar-refractivity contribution is -0.143. The Morgan fingerprint density at radius 1 is 1.06 bits per heavy atom. The zero-order valence-corrected chi connectivity index (χ0v) is 18.8. The molecule has 0 aliphatic carbocycles. The zero-order chi connectivity index (χ0) is 24.8. The number of cyclic esters (lactones) is 1. The van der Waals surface area contributed by atoms with Crippen LogP contribution in [0.15, 0.2) is 53.3 Å². The van der Waals surface area contributed by atoms with Gasteiger partial charge in [-0.05, 0) is 64.8 Å². The number of rotatable bonds is 4. The van der Waals surface area contributed by atoms with Crippen LogP contribution in [0.25, 0.3) is 5.82 Å². The molecule has 6 nitrogen and oxygen atoms in total. The van der Waals surface area contributed by atoms with Gasteiger partial charge in [0.1, 0.15) is 6.10 Å². The van der Waals surface area contributed by atoms with Crippen LogP contribution in [-0.4, -0.2) is 31.8 Å². The molecule has 0 unspecified atom stereocenters. The molecule has 0 spiro atoms. The zero-order valence-electron chi connectivity index (χ0n) is 17.2. The summed E-state index contributed by atoms with van der Waals surface area (Å²) < 4.78 is 86.8.